The number of oxazole rings is 1. The molecule has 3 rings (SSSR count). The van der Waals surface area contributed by atoms with Crippen molar-refractivity contribution in [3.63, 3.8) is 0 Å². The predicted molar refractivity (Wildman–Crippen MR) is 109 cm³/mol. The summed E-state index contributed by atoms with van der Waals surface area (Å²) in [6.07, 6.45) is 2.93. The third kappa shape index (κ3) is 6.00. The Morgan fingerprint density at radius 2 is 2.03 bits per heavy atom. The molecule has 0 atom stereocenters. The molecule has 2 aromatic heterocycles. The minimum Gasteiger partial charge on any atom is -0.489 e. The van der Waals surface area contributed by atoms with Gasteiger partial charge in [-0.05, 0) is 42.7 Å². The zero-order valence-electron chi connectivity index (χ0n) is 17.4. The summed E-state index contributed by atoms with van der Waals surface area (Å²) in [5.41, 5.74) is 1.99. The summed E-state index contributed by atoms with van der Waals surface area (Å²) in [7, 11) is 0. The molecule has 0 aliphatic carbocycles. The zero-order chi connectivity index (χ0) is 22.4. The molecule has 0 unspecified atom stereocenters. The number of ether oxygens (including phenoxy) is 2. The van der Waals surface area contributed by atoms with Gasteiger partial charge in [0.1, 0.15) is 12.0 Å². The Morgan fingerprint density at radius 1 is 1.23 bits per heavy atom. The number of aryl methyl sites for hydroxylation is 1. The summed E-state index contributed by atoms with van der Waals surface area (Å²) in [5, 5.41) is 2.73. The van der Waals surface area contributed by atoms with E-state index in [1.807, 2.05) is 13.8 Å². The van der Waals surface area contributed by atoms with Gasteiger partial charge in [-0.25, -0.2) is 4.98 Å². The van der Waals surface area contributed by atoms with Crippen molar-refractivity contribution in [3.8, 4) is 23.0 Å². The van der Waals surface area contributed by atoms with Crippen molar-refractivity contribution in [2.75, 3.05) is 6.61 Å². The van der Waals surface area contributed by atoms with Gasteiger partial charge in [-0.3, -0.25) is 9.78 Å². The quantitative estimate of drug-likeness (QED) is 0.532. The van der Waals surface area contributed by atoms with Crippen LogP contribution in [0.5, 0.6) is 11.5 Å². The summed E-state index contributed by atoms with van der Waals surface area (Å²) < 4.78 is 41.2. The smallest absolute Gasteiger partial charge is 0.387 e. The minimum absolute atomic E-state index is 0.105. The number of benzene rings is 1. The molecular weight excluding hydrogens is 408 g/mol. The maximum Gasteiger partial charge on any atom is 0.387 e. The molecule has 1 amide bonds. The third-order valence-corrected chi connectivity index (χ3v) is 4.19. The number of hydrogen-bond donors (Lipinski definition) is 1. The van der Waals surface area contributed by atoms with Crippen LogP contribution in [0.15, 0.2) is 47.2 Å². The van der Waals surface area contributed by atoms with E-state index < -0.39 is 6.61 Å². The van der Waals surface area contributed by atoms with Gasteiger partial charge in [0, 0.05) is 11.8 Å². The number of carbonyl (C=O) groups excluding carboxylic acids is 1. The van der Waals surface area contributed by atoms with Crippen molar-refractivity contribution < 1.29 is 27.5 Å². The second kappa shape index (κ2) is 10.0. The van der Waals surface area contributed by atoms with Crippen LogP contribution in [0.1, 0.15) is 35.6 Å². The first-order valence-corrected chi connectivity index (χ1v) is 9.69. The molecule has 1 aromatic carbocycles. The monoisotopic (exact) mass is 431 g/mol. The molecule has 7 nitrogen and oxygen atoms in total. The number of pyridine rings is 1. The van der Waals surface area contributed by atoms with Crippen LogP contribution in [0.3, 0.4) is 0 Å². The molecule has 0 bridgehead atoms. The van der Waals surface area contributed by atoms with Crippen LogP contribution in [0.4, 0.5) is 8.78 Å². The molecule has 31 heavy (non-hydrogen) atoms. The molecule has 164 valence electrons. The summed E-state index contributed by atoms with van der Waals surface area (Å²) in [5.74, 6) is 0.197. The van der Waals surface area contributed by atoms with Crippen molar-refractivity contribution in [2.24, 2.45) is 5.92 Å². The Kier molecular flexibility index (Phi) is 7.17. The highest BCUT2D eigenvalue weighted by atomic mass is 19.3. The van der Waals surface area contributed by atoms with E-state index >= 15 is 0 Å². The molecule has 1 N–H and O–H groups in total. The fourth-order valence-electron chi connectivity index (χ4n) is 2.70. The van der Waals surface area contributed by atoms with Crippen molar-refractivity contribution >= 4 is 5.91 Å². The Morgan fingerprint density at radius 3 is 2.74 bits per heavy atom. The van der Waals surface area contributed by atoms with Crippen LogP contribution in [0.25, 0.3) is 11.5 Å². The van der Waals surface area contributed by atoms with Crippen LogP contribution in [-0.4, -0.2) is 29.1 Å². The van der Waals surface area contributed by atoms with Gasteiger partial charge in [0.15, 0.2) is 11.5 Å². The van der Waals surface area contributed by atoms with Gasteiger partial charge >= 0.3 is 6.61 Å². The van der Waals surface area contributed by atoms with Crippen molar-refractivity contribution in [1.29, 1.82) is 0 Å². The Hall–Kier alpha value is -3.49. The van der Waals surface area contributed by atoms with Crippen LogP contribution < -0.4 is 14.8 Å². The van der Waals surface area contributed by atoms with Crippen molar-refractivity contribution in [3.05, 3.63) is 59.7 Å². The van der Waals surface area contributed by atoms with Crippen LogP contribution in [-0.2, 0) is 6.54 Å². The first kappa shape index (κ1) is 22.2. The summed E-state index contributed by atoms with van der Waals surface area (Å²) in [6, 6.07) is 8.10. The SMILES string of the molecule is Cc1cccnc1C(=O)NCc1coc(-c2ccc(OCC(C)C)c(OC(F)F)c2)n1. The third-order valence-electron chi connectivity index (χ3n) is 4.19. The number of amides is 1. The van der Waals surface area contributed by atoms with Crippen LogP contribution in [0, 0.1) is 12.8 Å². The predicted octanol–water partition coefficient (Wildman–Crippen LogP) is 4.61. The number of halogens is 2. The molecule has 3 aromatic rings. The van der Waals surface area contributed by atoms with Gasteiger partial charge in [0.05, 0.1) is 18.8 Å². The molecule has 2 heterocycles. The van der Waals surface area contributed by atoms with Crippen molar-refractivity contribution in [1.82, 2.24) is 15.3 Å². The van der Waals surface area contributed by atoms with Gasteiger partial charge in [-0.2, -0.15) is 8.78 Å². The lowest BCUT2D eigenvalue weighted by Gasteiger charge is -2.14. The van der Waals surface area contributed by atoms with Gasteiger partial charge < -0.3 is 19.2 Å². The van der Waals surface area contributed by atoms with E-state index in [1.54, 1.807) is 31.3 Å². The van der Waals surface area contributed by atoms with Crippen molar-refractivity contribution in [2.45, 2.75) is 33.9 Å². The van der Waals surface area contributed by atoms with Gasteiger partial charge in [0.25, 0.3) is 5.91 Å². The van der Waals surface area contributed by atoms with Crippen LogP contribution >= 0.6 is 0 Å². The Balaban J connectivity index is 1.72. The topological polar surface area (TPSA) is 86.5 Å². The first-order valence-electron chi connectivity index (χ1n) is 9.69. The van der Waals surface area contributed by atoms with E-state index in [0.29, 0.717) is 23.6 Å². The highest BCUT2D eigenvalue weighted by Crippen LogP contribution is 2.34. The standard InChI is InChI=1S/C22H23F2N3O4/c1-13(2)11-29-17-7-6-15(9-18(17)31-22(23)24)21-27-16(12-30-21)10-26-20(28)19-14(3)5-4-8-25-19/h4-9,12-13,22H,10-11H2,1-3H3,(H,26,28). The Labute approximate surface area is 178 Å². The average molecular weight is 431 g/mol. The molecule has 9 heteroatoms. The van der Waals surface area contributed by atoms with Gasteiger partial charge in [-0.15, -0.1) is 0 Å². The van der Waals surface area contributed by atoms with E-state index in [1.165, 1.54) is 18.4 Å². The largest absolute Gasteiger partial charge is 0.489 e. The average Bonchev–Trinajstić information content (AvgIpc) is 3.20. The van der Waals surface area contributed by atoms with E-state index in [-0.39, 0.29) is 35.8 Å². The number of carbonyl (C=O) groups is 1. The van der Waals surface area contributed by atoms with E-state index in [0.717, 1.165) is 5.56 Å². The molecule has 0 aliphatic heterocycles. The second-order valence-corrected chi connectivity index (χ2v) is 7.24. The summed E-state index contributed by atoms with van der Waals surface area (Å²) >= 11 is 0. The van der Waals surface area contributed by atoms with E-state index in [9.17, 15) is 13.6 Å². The second-order valence-electron chi connectivity index (χ2n) is 7.24. The van der Waals surface area contributed by atoms with Gasteiger partial charge in [0.2, 0.25) is 5.89 Å². The first-order chi connectivity index (χ1) is 14.8. The van der Waals surface area contributed by atoms with E-state index in [4.69, 9.17) is 9.15 Å². The lowest BCUT2D eigenvalue weighted by molar-refractivity contribution is -0.0515. The lowest BCUT2D eigenvalue weighted by atomic mass is 10.2. The van der Waals surface area contributed by atoms with Gasteiger partial charge in [-0.1, -0.05) is 19.9 Å². The molecular formula is C22H23F2N3O4. The summed E-state index contributed by atoms with van der Waals surface area (Å²) in [6.45, 7) is 3.17. The molecule has 0 radical (unpaired) electrons. The van der Waals surface area contributed by atoms with Crippen LogP contribution in [0.2, 0.25) is 0 Å². The van der Waals surface area contributed by atoms with E-state index in [2.05, 4.69) is 20.0 Å². The summed E-state index contributed by atoms with van der Waals surface area (Å²) in [4.78, 5) is 20.7. The molecule has 0 fully saturated rings. The number of rotatable bonds is 9. The highest BCUT2D eigenvalue weighted by molar-refractivity contribution is 5.93. The maximum absolute atomic E-state index is 12.8. The number of alkyl halides is 2. The highest BCUT2D eigenvalue weighted by Gasteiger charge is 2.16. The fraction of sp³-hybridized carbons (Fsp3) is 0.318. The number of hydrogen-bond acceptors (Lipinski definition) is 6. The number of aromatic nitrogens is 2. The normalized spacial score (nSPS) is 11.1. The maximum atomic E-state index is 12.8. The lowest BCUT2D eigenvalue weighted by Crippen LogP contribution is -2.24. The molecule has 0 spiro atoms. The molecule has 0 aliphatic rings. The zero-order valence-corrected chi connectivity index (χ0v) is 17.4. The fourth-order valence-corrected chi connectivity index (χ4v) is 2.70. The molecule has 0 saturated heterocycles. The Bertz CT molecular complexity index is 1040. The molecule has 0 saturated carbocycles. The number of nitrogens with zero attached hydrogens (tertiary/aromatic N) is 2. The number of nitrogens with one attached hydrogen (secondary N) is 1. The minimum atomic E-state index is -3.00.